The van der Waals surface area contributed by atoms with Crippen LogP contribution in [0.3, 0.4) is 0 Å². The van der Waals surface area contributed by atoms with E-state index in [1.165, 1.54) is 11.1 Å². The number of halogens is 2. The van der Waals surface area contributed by atoms with E-state index < -0.39 is 58.0 Å². The highest BCUT2D eigenvalue weighted by atomic mass is 32.2. The van der Waals surface area contributed by atoms with Gasteiger partial charge in [0, 0.05) is 117 Å². The molecule has 10 atom stereocenters. The maximum absolute atomic E-state index is 15.5. The number of carbonyl (C=O) groups is 4. The molecule has 2 saturated carbocycles. The van der Waals surface area contributed by atoms with Crippen molar-refractivity contribution in [3.63, 3.8) is 0 Å². The van der Waals surface area contributed by atoms with Crippen molar-refractivity contribution in [1.82, 2.24) is 44.3 Å². The van der Waals surface area contributed by atoms with E-state index >= 15 is 18.4 Å². The number of pyridine rings is 1. The number of amides is 3. The van der Waals surface area contributed by atoms with Crippen molar-refractivity contribution in [3.05, 3.63) is 71.0 Å². The van der Waals surface area contributed by atoms with Gasteiger partial charge in [0.05, 0.1) is 67.3 Å². The third-order valence-electron chi connectivity index (χ3n) is 21.4. The first-order valence-corrected chi connectivity index (χ1v) is 34.7. The van der Waals surface area contributed by atoms with Gasteiger partial charge >= 0.3 is 5.97 Å². The molecule has 13 rings (SSSR count). The number of piperazine rings is 1. The summed E-state index contributed by atoms with van der Waals surface area (Å²) in [6.45, 7) is 22.5. The fourth-order valence-corrected chi connectivity index (χ4v) is 17.9. The summed E-state index contributed by atoms with van der Waals surface area (Å²) in [5, 5.41) is 5.63. The lowest BCUT2D eigenvalue weighted by Gasteiger charge is -2.44. The van der Waals surface area contributed by atoms with Gasteiger partial charge in [-0.3, -0.25) is 39.0 Å². The van der Waals surface area contributed by atoms with E-state index in [4.69, 9.17) is 19.2 Å². The molecular weight excluding hydrogens is 1170 g/mol. The monoisotopic (exact) mass is 1260 g/mol. The largest absolute Gasteiger partial charge is 0.597 e. The molecule has 7 aliphatic heterocycles. The van der Waals surface area contributed by atoms with Gasteiger partial charge in [0.25, 0.3) is 12.3 Å². The summed E-state index contributed by atoms with van der Waals surface area (Å²) < 4.78 is 66.8. The average molecular weight is 1260 g/mol. The summed E-state index contributed by atoms with van der Waals surface area (Å²) >= 11 is -1.29. The second-order valence-electron chi connectivity index (χ2n) is 29.5. The highest BCUT2D eigenvalue weighted by molar-refractivity contribution is 7.90. The number of hydrogen-bond acceptors (Lipinski definition) is 14. The highest BCUT2D eigenvalue weighted by Crippen LogP contribution is 2.52. The Labute approximate surface area is 532 Å². The van der Waals surface area contributed by atoms with Crippen LogP contribution in [0.25, 0.3) is 33.3 Å². The van der Waals surface area contributed by atoms with Crippen LogP contribution >= 0.6 is 0 Å². The third-order valence-corrected chi connectivity index (χ3v) is 23.3. The molecule has 8 fully saturated rings. The maximum Gasteiger partial charge on any atom is 0.324 e. The highest BCUT2D eigenvalue weighted by Gasteiger charge is 2.68. The number of likely N-dealkylation sites (tertiary alicyclic amines) is 2. The Morgan fingerprint density at radius 3 is 2.48 bits per heavy atom. The van der Waals surface area contributed by atoms with E-state index in [2.05, 4.69) is 69.0 Å². The molecule has 0 radical (unpaired) electrons. The number of carbonyl (C=O) groups excluding carboxylic acids is 4. The molecule has 4 aromatic rings. The summed E-state index contributed by atoms with van der Waals surface area (Å²) in [6, 6.07) is 10.6. The first-order chi connectivity index (χ1) is 43.1. The number of alkyl halides is 2. The third kappa shape index (κ3) is 12.6. The molecule has 1 unspecified atom stereocenters. The lowest BCUT2D eigenvalue weighted by atomic mass is 9.84. The molecule has 2 aromatic heterocycles. The molecule has 9 heterocycles. The molecule has 3 amide bonds. The number of hydrogen-bond donors (Lipinski definition) is 2. The summed E-state index contributed by atoms with van der Waals surface area (Å²) in [5.74, 6) is -0.731. The summed E-state index contributed by atoms with van der Waals surface area (Å²) in [4.78, 5) is 74.1. The number of hydrazine groups is 1. The first-order valence-electron chi connectivity index (χ1n) is 33.6. The number of anilines is 1. The van der Waals surface area contributed by atoms with Gasteiger partial charge < -0.3 is 38.4 Å². The van der Waals surface area contributed by atoms with Gasteiger partial charge in [0.1, 0.15) is 16.8 Å². The van der Waals surface area contributed by atoms with Crippen LogP contribution in [0.2, 0.25) is 0 Å². The van der Waals surface area contributed by atoms with Crippen molar-refractivity contribution in [3.8, 4) is 22.4 Å². The van der Waals surface area contributed by atoms with Crippen LogP contribution in [0.5, 0.6) is 0 Å². The van der Waals surface area contributed by atoms with Gasteiger partial charge in [-0.05, 0) is 157 Å². The molecule has 90 heavy (non-hydrogen) atoms. The van der Waals surface area contributed by atoms with E-state index in [-0.39, 0.29) is 72.5 Å². The number of esters is 1. The van der Waals surface area contributed by atoms with Crippen molar-refractivity contribution in [2.75, 3.05) is 90.7 Å². The molecule has 9 aliphatic rings. The quantitative estimate of drug-likeness (QED) is 0.0738. The molecule has 488 valence electrons. The zero-order valence-corrected chi connectivity index (χ0v) is 54.9. The molecule has 1 spiro atoms. The number of aromatic nitrogens is 2. The predicted molar refractivity (Wildman–Crippen MR) is 343 cm³/mol. The second kappa shape index (κ2) is 25.2. The molecule has 2 aliphatic carbocycles. The number of methoxy groups -OCH3 is 1. The molecule has 6 saturated heterocycles. The van der Waals surface area contributed by atoms with Gasteiger partial charge in [-0.1, -0.05) is 44.9 Å². The lowest BCUT2D eigenvalue weighted by molar-refractivity contribution is -0.155. The number of morpholine rings is 1. The number of fused-ring (bicyclic) bond motifs is 7. The van der Waals surface area contributed by atoms with Crippen molar-refractivity contribution < 1.29 is 46.7 Å². The first kappa shape index (κ1) is 63.5. The Morgan fingerprint density at radius 2 is 1.73 bits per heavy atom. The molecule has 6 bridgehead atoms. The van der Waals surface area contributed by atoms with Crippen LogP contribution in [0.15, 0.2) is 48.7 Å². The van der Waals surface area contributed by atoms with Gasteiger partial charge in [-0.15, -0.1) is 4.31 Å². The SMILES string of the molecule is CCn1c(-c2cc(N3CCN4CCOC[C@@H]4C3)cnc2[C@H](C)OC)c2c3cc(ccc31)-c1cc(cc(C(F)F)c1)C[C@H](NC(=O)[C@H](C1CCCC1)N1CC[C@]3(CCN(C(=O)[C@H]4[C@@H](C5CC5)N4[S@+]([O-])C(C)(C)C)C3)C1)C(=O)N1CCC[C@H](N1)C(=O)OCC(C)(C)C2. The Balaban J connectivity index is 0.841. The molecule has 2 aromatic carbocycles. The summed E-state index contributed by atoms with van der Waals surface area (Å²) in [5.41, 5.74) is 9.53. The van der Waals surface area contributed by atoms with Crippen LogP contribution in [0.4, 0.5) is 14.5 Å². The van der Waals surface area contributed by atoms with Crippen LogP contribution in [-0.4, -0.2) is 189 Å². The number of nitrogens with zero attached hydrogens (tertiary/aromatic N) is 8. The zero-order chi connectivity index (χ0) is 63.1. The number of rotatable bonds is 13. The predicted octanol–water partition coefficient (Wildman–Crippen LogP) is 8.61. The van der Waals surface area contributed by atoms with Crippen LogP contribution in [0, 0.1) is 22.7 Å². The van der Waals surface area contributed by atoms with Gasteiger partial charge in [0.2, 0.25) is 11.8 Å². The van der Waals surface area contributed by atoms with Gasteiger partial charge in [-0.25, -0.2) is 14.2 Å². The van der Waals surface area contributed by atoms with E-state index in [1.807, 2.05) is 55.2 Å². The van der Waals surface area contributed by atoms with Crippen molar-refractivity contribution in [1.29, 1.82) is 0 Å². The number of cyclic esters (lactones) is 1. The fourth-order valence-electron chi connectivity index (χ4n) is 16.4. The Bertz CT molecular complexity index is 3370. The van der Waals surface area contributed by atoms with Crippen LogP contribution < -0.4 is 15.6 Å². The maximum atomic E-state index is 15.5. The fraction of sp³-hybridized carbons (Fsp3) is 0.667. The minimum atomic E-state index is -2.84. The number of ether oxygens (including phenoxy) is 3. The number of aryl methyl sites for hydroxylation is 1. The Morgan fingerprint density at radius 1 is 0.944 bits per heavy atom. The van der Waals surface area contributed by atoms with Crippen molar-refractivity contribution in [2.24, 2.45) is 22.7 Å². The second-order valence-corrected chi connectivity index (χ2v) is 31.7. The zero-order valence-electron chi connectivity index (χ0n) is 54.1. The average Bonchev–Trinajstić information content (AvgIpc) is 1.56. The normalized spacial score (nSPS) is 29.0. The summed E-state index contributed by atoms with van der Waals surface area (Å²) in [7, 11) is 1.69. The lowest BCUT2D eigenvalue weighted by Crippen LogP contribution is -2.62. The summed E-state index contributed by atoms with van der Waals surface area (Å²) in [6.07, 6.45) is 7.43. The molecular formula is C69H94F2N10O8S. The number of benzene rings is 2. The van der Waals surface area contributed by atoms with Gasteiger partial charge in [-0.2, -0.15) is 0 Å². The van der Waals surface area contributed by atoms with Crippen LogP contribution in [-0.2, 0) is 64.1 Å². The minimum Gasteiger partial charge on any atom is -0.597 e. The van der Waals surface area contributed by atoms with Crippen molar-refractivity contribution >= 4 is 51.6 Å². The molecule has 21 heteroatoms. The molecule has 18 nitrogen and oxygen atoms in total. The van der Waals surface area contributed by atoms with E-state index in [0.29, 0.717) is 81.2 Å². The van der Waals surface area contributed by atoms with E-state index in [9.17, 15) is 14.1 Å². The topological polar surface area (TPSA) is 180 Å². The van der Waals surface area contributed by atoms with E-state index in [0.717, 1.165) is 123 Å². The molecule has 2 N–H and O–H groups in total. The smallest absolute Gasteiger partial charge is 0.324 e. The Hall–Kier alpha value is -5.26. The van der Waals surface area contributed by atoms with Crippen LogP contribution in [0.1, 0.15) is 148 Å². The minimum absolute atomic E-state index is 0.0227. The van der Waals surface area contributed by atoms with Crippen molar-refractivity contribution in [2.45, 2.75) is 186 Å². The number of nitrogens with one attached hydrogen (secondary N) is 2. The Kier molecular flexibility index (Phi) is 17.8. The van der Waals surface area contributed by atoms with Gasteiger partial charge in [0.15, 0.2) is 6.04 Å². The van der Waals surface area contributed by atoms with E-state index in [1.54, 1.807) is 13.2 Å². The standard InChI is InChI=1S/C69H94F2N10O8S/c1-9-79-56-19-18-46-33-51(56)53(60(79)52-34-49(36-72-57(52)42(2)87-8)76-26-25-75-27-28-88-38-50(75)37-76)35-68(6,7)41-89-66(85)54-15-12-22-80(74-54)64(83)55(31-43-29-47(46)32-48(30-43)62(70)71)73-63(82)59(44-13-10-11-14-44)77-23-20-69(39-77)21-24-78(40-69)65(84)61-58(45-16-17-45)81(61)90(86)67(3,4)5/h18-19,29-30,32-34,36,42,44-45,50,54-55,58-59,61-62,74H,9-17,20-28,31,35,37-41H2,1-8H3,(H,73,82)/t42-,50-,54-,55-,58+,59-,61+,69-,81?,90+/m0/s1.